The van der Waals surface area contributed by atoms with Crippen LogP contribution in [0.3, 0.4) is 0 Å². The Morgan fingerprint density at radius 1 is 0.517 bits per heavy atom. The van der Waals surface area contributed by atoms with Crippen molar-refractivity contribution in [2.75, 3.05) is 0 Å². The van der Waals surface area contributed by atoms with Crippen molar-refractivity contribution >= 4 is 26.7 Å². The number of rotatable bonds is 3. The van der Waals surface area contributed by atoms with Crippen molar-refractivity contribution in [3.63, 3.8) is 0 Å². The van der Waals surface area contributed by atoms with Gasteiger partial charge in [-0.25, -0.2) is 9.97 Å². The quantitative estimate of drug-likeness (QED) is 0.294. The predicted octanol–water partition coefficient (Wildman–Crippen LogP) is 7.39. The number of hydrogen-bond donors (Lipinski definition) is 0. The van der Waals surface area contributed by atoms with Gasteiger partial charge in [0.25, 0.3) is 0 Å². The van der Waals surface area contributed by atoms with E-state index in [1.54, 1.807) is 0 Å². The second kappa shape index (κ2) is 7.61. The summed E-state index contributed by atoms with van der Waals surface area (Å²) in [5.74, 6) is 0.731. The molecule has 0 saturated heterocycles. The third-order valence-electron chi connectivity index (χ3n) is 4.97. The van der Waals surface area contributed by atoms with Gasteiger partial charge in [-0.3, -0.25) is 0 Å². The zero-order chi connectivity index (χ0) is 19.6. The van der Waals surface area contributed by atoms with E-state index in [-0.39, 0.29) is 0 Å². The first-order chi connectivity index (χ1) is 14.3. The van der Waals surface area contributed by atoms with Crippen molar-refractivity contribution in [2.45, 2.75) is 0 Å². The minimum absolute atomic E-state index is 0.731. The maximum atomic E-state index is 4.95. The molecule has 0 radical (unpaired) electrons. The molecule has 0 amide bonds. The van der Waals surface area contributed by atoms with E-state index in [4.69, 9.17) is 9.97 Å². The van der Waals surface area contributed by atoms with Gasteiger partial charge in [0.1, 0.15) is 0 Å². The molecule has 4 aromatic carbocycles. The van der Waals surface area contributed by atoms with Crippen molar-refractivity contribution in [2.24, 2.45) is 0 Å². The van der Waals surface area contributed by atoms with Crippen LogP contribution in [0.1, 0.15) is 0 Å². The molecule has 0 aliphatic rings. The zero-order valence-corrected chi connectivity index (χ0v) is 17.2. The molecule has 0 unspecified atom stereocenters. The Balaban J connectivity index is 1.78. The summed E-state index contributed by atoms with van der Waals surface area (Å²) >= 11 is 3.67. The molecule has 1 aromatic heterocycles. The summed E-state index contributed by atoms with van der Waals surface area (Å²) in [6.07, 6.45) is 0. The number of fused-ring (bicyclic) bond motifs is 1. The van der Waals surface area contributed by atoms with Crippen molar-refractivity contribution in [1.82, 2.24) is 9.97 Å². The van der Waals surface area contributed by atoms with Crippen molar-refractivity contribution in [3.05, 3.63) is 108 Å². The molecule has 0 aliphatic heterocycles. The molecule has 5 rings (SSSR count). The summed E-state index contributed by atoms with van der Waals surface area (Å²) in [6, 6.07) is 35.1. The highest BCUT2D eigenvalue weighted by Crippen LogP contribution is 2.34. The van der Waals surface area contributed by atoms with E-state index in [0.29, 0.717) is 0 Å². The van der Waals surface area contributed by atoms with Gasteiger partial charge < -0.3 is 0 Å². The molecule has 0 N–H and O–H groups in total. The van der Waals surface area contributed by atoms with Gasteiger partial charge in [-0.05, 0) is 22.9 Å². The average Bonchev–Trinajstić information content (AvgIpc) is 2.80. The van der Waals surface area contributed by atoms with E-state index in [0.717, 1.165) is 38.4 Å². The highest BCUT2D eigenvalue weighted by Gasteiger charge is 2.12. The van der Waals surface area contributed by atoms with E-state index in [2.05, 4.69) is 70.5 Å². The fraction of sp³-hybridized carbons (Fsp3) is 0. The van der Waals surface area contributed by atoms with E-state index in [1.807, 2.05) is 48.5 Å². The van der Waals surface area contributed by atoms with E-state index in [1.165, 1.54) is 10.8 Å². The third-order valence-corrected chi connectivity index (χ3v) is 5.66. The predicted molar refractivity (Wildman–Crippen MR) is 124 cm³/mol. The first-order valence-electron chi connectivity index (χ1n) is 9.47. The molecular formula is C26H17BrN2. The van der Waals surface area contributed by atoms with Crippen LogP contribution in [0, 0.1) is 0 Å². The Bertz CT molecular complexity index is 1240. The largest absolute Gasteiger partial charge is 0.228 e. The highest BCUT2D eigenvalue weighted by molar-refractivity contribution is 9.10. The number of hydrogen-bond acceptors (Lipinski definition) is 2. The molecule has 0 aliphatic carbocycles. The number of halogens is 1. The summed E-state index contributed by atoms with van der Waals surface area (Å²) < 4.78 is 1.08. The molecule has 2 nitrogen and oxygen atoms in total. The minimum Gasteiger partial charge on any atom is -0.228 e. The van der Waals surface area contributed by atoms with Crippen LogP contribution in [0.2, 0.25) is 0 Å². The smallest absolute Gasteiger partial charge is 0.160 e. The average molecular weight is 437 g/mol. The number of benzene rings is 4. The SMILES string of the molecule is Brc1cccc2c(-c3cc(-c4ccccc4)nc(-c4ccccc4)n3)cccc12. The molecule has 5 aromatic rings. The summed E-state index contributed by atoms with van der Waals surface area (Å²) in [7, 11) is 0. The number of aromatic nitrogens is 2. The van der Waals surface area contributed by atoms with Gasteiger partial charge in [-0.2, -0.15) is 0 Å². The fourth-order valence-electron chi connectivity index (χ4n) is 3.55. The van der Waals surface area contributed by atoms with Crippen LogP contribution in [0.25, 0.3) is 44.7 Å². The lowest BCUT2D eigenvalue weighted by Gasteiger charge is -2.11. The Hall–Kier alpha value is -3.30. The molecule has 0 spiro atoms. The van der Waals surface area contributed by atoms with Crippen LogP contribution in [0.5, 0.6) is 0 Å². The Morgan fingerprint density at radius 3 is 1.90 bits per heavy atom. The van der Waals surface area contributed by atoms with Crippen LogP contribution < -0.4 is 0 Å². The van der Waals surface area contributed by atoms with Gasteiger partial charge in [0, 0.05) is 21.2 Å². The van der Waals surface area contributed by atoms with E-state index in [9.17, 15) is 0 Å². The van der Waals surface area contributed by atoms with Gasteiger partial charge in [-0.15, -0.1) is 0 Å². The lowest BCUT2D eigenvalue weighted by atomic mass is 10.0. The van der Waals surface area contributed by atoms with Crippen LogP contribution in [-0.2, 0) is 0 Å². The monoisotopic (exact) mass is 436 g/mol. The third kappa shape index (κ3) is 3.45. The van der Waals surface area contributed by atoms with Crippen LogP contribution >= 0.6 is 15.9 Å². The van der Waals surface area contributed by atoms with Crippen molar-refractivity contribution in [3.8, 4) is 33.9 Å². The van der Waals surface area contributed by atoms with Crippen LogP contribution in [-0.4, -0.2) is 9.97 Å². The molecule has 29 heavy (non-hydrogen) atoms. The molecule has 0 atom stereocenters. The Morgan fingerprint density at radius 2 is 1.14 bits per heavy atom. The standard InChI is InChI=1S/C26H17BrN2/c27-23-16-8-13-20-21(23)14-7-15-22(20)25-17-24(18-9-3-1-4-10-18)28-26(29-25)19-11-5-2-6-12-19/h1-17H. The maximum Gasteiger partial charge on any atom is 0.160 e. The fourth-order valence-corrected chi connectivity index (χ4v) is 4.05. The van der Waals surface area contributed by atoms with Gasteiger partial charge in [0.05, 0.1) is 11.4 Å². The Labute approximate surface area is 178 Å². The Kier molecular flexibility index (Phi) is 4.66. The van der Waals surface area contributed by atoms with Gasteiger partial charge >= 0.3 is 0 Å². The number of nitrogens with zero attached hydrogens (tertiary/aromatic N) is 2. The molecule has 0 bridgehead atoms. The molecule has 138 valence electrons. The first kappa shape index (κ1) is 17.8. The van der Waals surface area contributed by atoms with Crippen LogP contribution in [0.4, 0.5) is 0 Å². The van der Waals surface area contributed by atoms with E-state index < -0.39 is 0 Å². The van der Waals surface area contributed by atoms with Gasteiger partial charge in [-0.1, -0.05) is 107 Å². The van der Waals surface area contributed by atoms with Crippen LogP contribution in [0.15, 0.2) is 108 Å². The van der Waals surface area contributed by atoms with Gasteiger partial charge in [0.15, 0.2) is 5.82 Å². The van der Waals surface area contributed by atoms with Gasteiger partial charge in [0.2, 0.25) is 0 Å². The second-order valence-electron chi connectivity index (χ2n) is 6.83. The van der Waals surface area contributed by atoms with E-state index >= 15 is 0 Å². The first-order valence-corrected chi connectivity index (χ1v) is 10.3. The normalized spacial score (nSPS) is 10.9. The maximum absolute atomic E-state index is 4.95. The van der Waals surface area contributed by atoms with Crippen molar-refractivity contribution in [1.29, 1.82) is 0 Å². The summed E-state index contributed by atoms with van der Waals surface area (Å²) in [6.45, 7) is 0. The highest BCUT2D eigenvalue weighted by atomic mass is 79.9. The second-order valence-corrected chi connectivity index (χ2v) is 7.69. The summed E-state index contributed by atoms with van der Waals surface area (Å²) in [4.78, 5) is 9.83. The minimum atomic E-state index is 0.731. The molecule has 1 heterocycles. The lowest BCUT2D eigenvalue weighted by molar-refractivity contribution is 1.18. The molecule has 0 fully saturated rings. The summed E-state index contributed by atoms with van der Waals surface area (Å²) in [5.41, 5.74) is 5.02. The van der Waals surface area contributed by atoms with Crippen molar-refractivity contribution < 1.29 is 0 Å². The molecular weight excluding hydrogens is 420 g/mol. The lowest BCUT2D eigenvalue weighted by Crippen LogP contribution is -1.96. The molecule has 3 heteroatoms. The molecule has 0 saturated carbocycles. The zero-order valence-electron chi connectivity index (χ0n) is 15.6. The topological polar surface area (TPSA) is 25.8 Å². The summed E-state index contributed by atoms with van der Waals surface area (Å²) in [5, 5.41) is 2.34.